The molecule has 4 rings (SSSR count). The largest absolute Gasteiger partial charge is 0.362 e. The van der Waals surface area contributed by atoms with Crippen LogP contribution in [0.1, 0.15) is 21.5 Å². The smallest absolute Gasteiger partial charge is 0.266 e. The molecule has 0 saturated heterocycles. The van der Waals surface area contributed by atoms with Crippen molar-refractivity contribution in [2.75, 3.05) is 25.5 Å². The Morgan fingerprint density at radius 1 is 1.11 bits per heavy atom. The molecule has 1 amide bonds. The summed E-state index contributed by atoms with van der Waals surface area (Å²) in [6.45, 7) is -0.0647. The van der Waals surface area contributed by atoms with Crippen LogP contribution in [-0.2, 0) is 6.54 Å². The molecule has 2 heterocycles. The van der Waals surface area contributed by atoms with Crippen LogP contribution in [0.5, 0.6) is 0 Å². The molecule has 2 aromatic carbocycles. The fraction of sp³-hybridized carbons (Fsp3) is 0.160. The summed E-state index contributed by atoms with van der Waals surface area (Å²) in [7, 11) is 3.78. The van der Waals surface area contributed by atoms with Crippen molar-refractivity contribution in [2.24, 2.45) is 0 Å². The van der Waals surface area contributed by atoms with E-state index in [0.717, 1.165) is 45.2 Å². The summed E-state index contributed by atoms with van der Waals surface area (Å²) in [6.07, 6.45) is 3.88. The highest BCUT2D eigenvalue weighted by atomic mass is 19.2. The first-order chi connectivity index (χ1) is 16.8. The van der Waals surface area contributed by atoms with Crippen LogP contribution in [0.4, 0.5) is 14.6 Å². The van der Waals surface area contributed by atoms with E-state index in [1.165, 1.54) is 18.7 Å². The maximum absolute atomic E-state index is 13.5. The van der Waals surface area contributed by atoms with Gasteiger partial charge in [-0.15, -0.1) is 0 Å². The Morgan fingerprint density at radius 3 is 2.71 bits per heavy atom. The predicted molar refractivity (Wildman–Crippen MR) is 127 cm³/mol. The highest BCUT2D eigenvalue weighted by molar-refractivity contribution is 5.93. The summed E-state index contributed by atoms with van der Waals surface area (Å²) in [5, 5.41) is 3.43. The zero-order valence-electron chi connectivity index (χ0n) is 18.9. The summed E-state index contributed by atoms with van der Waals surface area (Å²) in [4.78, 5) is 39.5. The molecule has 2 aromatic heterocycles. The second-order valence-corrected chi connectivity index (χ2v) is 7.80. The first kappa shape index (κ1) is 23.5. The van der Waals surface area contributed by atoms with Gasteiger partial charge < -0.3 is 10.2 Å². The average molecular weight is 474 g/mol. The number of nitrogens with zero attached hydrogens (tertiary/aromatic N) is 5. The molecule has 0 unspecified atom stereocenters. The van der Waals surface area contributed by atoms with Gasteiger partial charge in [0, 0.05) is 31.2 Å². The van der Waals surface area contributed by atoms with Gasteiger partial charge in [0.25, 0.3) is 11.5 Å². The summed E-state index contributed by atoms with van der Waals surface area (Å²) in [6, 6.07) is 8.86. The SMILES string of the molecule is CN(C)c1ncnc2ccc(C#CCNC(=O)c3cncn(Cc4ccc(F)c(F)c4)c3=O)cc12. The number of aromatic nitrogens is 4. The van der Waals surface area contributed by atoms with Gasteiger partial charge in [0.15, 0.2) is 11.6 Å². The van der Waals surface area contributed by atoms with Crippen LogP contribution in [0.25, 0.3) is 10.9 Å². The second-order valence-electron chi connectivity index (χ2n) is 7.80. The molecule has 10 heteroatoms. The Balaban J connectivity index is 1.45. The number of halogens is 2. The molecule has 0 aliphatic carbocycles. The van der Waals surface area contributed by atoms with Crippen molar-refractivity contribution < 1.29 is 13.6 Å². The van der Waals surface area contributed by atoms with Gasteiger partial charge >= 0.3 is 0 Å². The Morgan fingerprint density at radius 2 is 1.94 bits per heavy atom. The lowest BCUT2D eigenvalue weighted by molar-refractivity contribution is 0.0956. The van der Waals surface area contributed by atoms with Crippen molar-refractivity contribution in [3.8, 4) is 11.8 Å². The van der Waals surface area contributed by atoms with E-state index in [9.17, 15) is 18.4 Å². The third-order valence-corrected chi connectivity index (χ3v) is 5.09. The van der Waals surface area contributed by atoms with Crippen molar-refractivity contribution in [3.63, 3.8) is 0 Å². The molecular weight excluding hydrogens is 454 g/mol. The van der Waals surface area contributed by atoms with Gasteiger partial charge in [-0.1, -0.05) is 17.9 Å². The first-order valence-corrected chi connectivity index (χ1v) is 10.5. The highest BCUT2D eigenvalue weighted by Crippen LogP contribution is 2.22. The Bertz CT molecular complexity index is 1540. The number of benzene rings is 2. The third kappa shape index (κ3) is 5.30. The quantitative estimate of drug-likeness (QED) is 0.447. The van der Waals surface area contributed by atoms with Crippen LogP contribution < -0.4 is 15.8 Å². The zero-order chi connectivity index (χ0) is 24.9. The van der Waals surface area contributed by atoms with Crippen molar-refractivity contribution in [2.45, 2.75) is 6.54 Å². The van der Waals surface area contributed by atoms with Gasteiger partial charge in [-0.3, -0.25) is 14.2 Å². The van der Waals surface area contributed by atoms with E-state index in [1.54, 1.807) is 0 Å². The number of carbonyl (C=O) groups excluding carboxylic acids is 1. The van der Waals surface area contributed by atoms with Gasteiger partial charge in [-0.25, -0.2) is 23.7 Å². The van der Waals surface area contributed by atoms with E-state index < -0.39 is 23.1 Å². The molecule has 0 atom stereocenters. The topological polar surface area (TPSA) is 93.0 Å². The standard InChI is InChI=1S/C25H20F2N6O2/c1-32(2)23-18-10-16(6-8-22(18)30-14-31-23)4-3-9-29-24(34)19-12-28-15-33(25(19)35)13-17-5-7-20(26)21(27)11-17/h5-8,10-12,14-15H,9,13H2,1-2H3,(H,29,34). The monoisotopic (exact) mass is 474 g/mol. The normalized spacial score (nSPS) is 10.5. The number of hydrogen-bond donors (Lipinski definition) is 1. The van der Waals surface area contributed by atoms with Crippen molar-refractivity contribution in [1.82, 2.24) is 24.8 Å². The fourth-order valence-electron chi connectivity index (χ4n) is 3.40. The molecule has 0 radical (unpaired) electrons. The lowest BCUT2D eigenvalue weighted by atomic mass is 10.1. The molecule has 0 bridgehead atoms. The van der Waals surface area contributed by atoms with Gasteiger partial charge in [0.05, 0.1) is 24.9 Å². The maximum atomic E-state index is 13.5. The average Bonchev–Trinajstić information content (AvgIpc) is 2.84. The highest BCUT2D eigenvalue weighted by Gasteiger charge is 2.13. The number of rotatable bonds is 5. The molecule has 8 nitrogen and oxygen atoms in total. The maximum Gasteiger partial charge on any atom is 0.266 e. The van der Waals surface area contributed by atoms with Crippen LogP contribution in [-0.4, -0.2) is 46.1 Å². The molecule has 0 aliphatic rings. The molecule has 4 aromatic rings. The number of amides is 1. The molecule has 176 valence electrons. The summed E-state index contributed by atoms with van der Waals surface area (Å²) >= 11 is 0. The molecule has 35 heavy (non-hydrogen) atoms. The minimum absolute atomic E-state index is 0.000204. The van der Waals surface area contributed by atoms with Gasteiger partial charge in [0.2, 0.25) is 0 Å². The molecule has 0 spiro atoms. The van der Waals surface area contributed by atoms with E-state index in [2.05, 4.69) is 32.1 Å². The first-order valence-electron chi connectivity index (χ1n) is 10.5. The van der Waals surface area contributed by atoms with Gasteiger partial charge in [0.1, 0.15) is 17.7 Å². The van der Waals surface area contributed by atoms with E-state index in [0.29, 0.717) is 5.56 Å². The molecule has 0 aliphatic heterocycles. The van der Waals surface area contributed by atoms with Crippen LogP contribution >= 0.6 is 0 Å². The van der Waals surface area contributed by atoms with E-state index >= 15 is 0 Å². The number of fused-ring (bicyclic) bond motifs is 1. The second kappa shape index (κ2) is 10.1. The number of anilines is 1. The summed E-state index contributed by atoms with van der Waals surface area (Å²) < 4.78 is 27.7. The Labute approximate surface area is 199 Å². The Kier molecular flexibility index (Phi) is 6.78. The Hall–Kier alpha value is -4.65. The summed E-state index contributed by atoms with van der Waals surface area (Å²) in [5.41, 5.74) is 1.07. The number of hydrogen-bond acceptors (Lipinski definition) is 6. The van der Waals surface area contributed by atoms with Crippen molar-refractivity contribution >= 4 is 22.6 Å². The summed E-state index contributed by atoms with van der Waals surface area (Å²) in [5.74, 6) is 3.96. The van der Waals surface area contributed by atoms with Gasteiger partial charge in [-0.05, 0) is 35.9 Å². The lowest BCUT2D eigenvalue weighted by Crippen LogP contribution is -2.33. The zero-order valence-corrected chi connectivity index (χ0v) is 18.9. The third-order valence-electron chi connectivity index (χ3n) is 5.09. The van der Waals surface area contributed by atoms with E-state index in [1.807, 2.05) is 37.2 Å². The number of carbonyl (C=O) groups is 1. The van der Waals surface area contributed by atoms with Crippen LogP contribution in [0.3, 0.4) is 0 Å². The molecule has 1 N–H and O–H groups in total. The number of nitrogens with one attached hydrogen (secondary N) is 1. The lowest BCUT2D eigenvalue weighted by Gasteiger charge is -2.13. The fourth-order valence-corrected chi connectivity index (χ4v) is 3.40. The van der Waals surface area contributed by atoms with Crippen LogP contribution in [0, 0.1) is 23.5 Å². The van der Waals surface area contributed by atoms with Gasteiger partial charge in [-0.2, -0.15) is 0 Å². The van der Waals surface area contributed by atoms with Crippen molar-refractivity contribution in [1.29, 1.82) is 0 Å². The van der Waals surface area contributed by atoms with Crippen LogP contribution in [0.15, 0.2) is 60.0 Å². The van der Waals surface area contributed by atoms with E-state index in [4.69, 9.17) is 0 Å². The molecule has 0 saturated carbocycles. The van der Waals surface area contributed by atoms with Crippen LogP contribution in [0.2, 0.25) is 0 Å². The van der Waals surface area contributed by atoms with Crippen molar-refractivity contribution in [3.05, 3.63) is 93.9 Å². The minimum atomic E-state index is -1.02. The van der Waals surface area contributed by atoms with E-state index in [-0.39, 0.29) is 18.7 Å². The predicted octanol–water partition coefficient (Wildman–Crippen LogP) is 2.36. The molecule has 0 fully saturated rings. The molecular formula is C25H20F2N6O2. The minimum Gasteiger partial charge on any atom is -0.362 e.